The summed E-state index contributed by atoms with van der Waals surface area (Å²) in [5.74, 6) is 2.64. The van der Waals surface area contributed by atoms with Gasteiger partial charge in [-0.1, -0.05) is 32.0 Å². The second kappa shape index (κ2) is 5.01. The zero-order valence-electron chi connectivity index (χ0n) is 12.0. The molecule has 1 heterocycles. The molecule has 4 unspecified atom stereocenters. The van der Waals surface area contributed by atoms with Crippen molar-refractivity contribution in [3.05, 3.63) is 36.1 Å². The number of hydrogen-bond acceptors (Lipinski definition) is 2. The van der Waals surface area contributed by atoms with Crippen LogP contribution in [0.1, 0.15) is 45.4 Å². The minimum Gasteiger partial charge on any atom is -0.459 e. The van der Waals surface area contributed by atoms with Crippen molar-refractivity contribution in [2.45, 2.75) is 45.7 Å². The van der Waals surface area contributed by atoms with Crippen LogP contribution in [0, 0.1) is 11.8 Å². The highest BCUT2D eigenvalue weighted by atomic mass is 16.3. The summed E-state index contributed by atoms with van der Waals surface area (Å²) < 4.78 is 5.94. The van der Waals surface area contributed by atoms with E-state index in [1.165, 1.54) is 18.2 Å². The second-order valence-electron chi connectivity index (χ2n) is 6.10. The Morgan fingerprint density at radius 2 is 2.00 bits per heavy atom. The quantitative estimate of drug-likeness (QED) is 0.874. The molecular formula is C17H23NO. The fraction of sp³-hybridized carbons (Fsp3) is 0.529. The molecule has 1 aromatic carbocycles. The van der Waals surface area contributed by atoms with Crippen LogP contribution in [0.25, 0.3) is 11.0 Å². The van der Waals surface area contributed by atoms with Gasteiger partial charge < -0.3 is 9.73 Å². The average Bonchev–Trinajstić information content (AvgIpc) is 2.97. The minimum absolute atomic E-state index is 0.283. The van der Waals surface area contributed by atoms with Gasteiger partial charge in [-0.05, 0) is 43.7 Å². The fourth-order valence-electron chi connectivity index (χ4n) is 3.22. The van der Waals surface area contributed by atoms with Crippen LogP contribution >= 0.6 is 0 Å². The van der Waals surface area contributed by atoms with E-state index >= 15 is 0 Å². The maximum absolute atomic E-state index is 5.94. The number of hydrogen-bond donors (Lipinski definition) is 1. The van der Waals surface area contributed by atoms with Crippen molar-refractivity contribution < 1.29 is 4.42 Å². The summed E-state index contributed by atoms with van der Waals surface area (Å²) in [4.78, 5) is 0. The average molecular weight is 257 g/mol. The van der Waals surface area contributed by atoms with E-state index in [2.05, 4.69) is 44.3 Å². The molecular weight excluding hydrogens is 234 g/mol. The van der Waals surface area contributed by atoms with Crippen LogP contribution in [0.3, 0.4) is 0 Å². The molecule has 1 saturated carbocycles. The molecule has 0 amide bonds. The minimum atomic E-state index is 0.283. The number of para-hydroxylation sites is 1. The summed E-state index contributed by atoms with van der Waals surface area (Å²) >= 11 is 0. The van der Waals surface area contributed by atoms with E-state index in [0.717, 1.165) is 23.2 Å². The molecule has 19 heavy (non-hydrogen) atoms. The monoisotopic (exact) mass is 257 g/mol. The molecule has 2 heteroatoms. The van der Waals surface area contributed by atoms with E-state index in [-0.39, 0.29) is 6.04 Å². The van der Waals surface area contributed by atoms with Crippen LogP contribution in [0.15, 0.2) is 34.7 Å². The van der Waals surface area contributed by atoms with Crippen molar-refractivity contribution in [2.75, 3.05) is 0 Å². The highest BCUT2D eigenvalue weighted by Crippen LogP contribution is 2.33. The number of nitrogens with one attached hydrogen (secondary N) is 1. The number of furan rings is 1. The summed E-state index contributed by atoms with van der Waals surface area (Å²) in [6.07, 6.45) is 2.62. The maximum Gasteiger partial charge on any atom is 0.134 e. The van der Waals surface area contributed by atoms with Gasteiger partial charge in [-0.3, -0.25) is 0 Å². The molecule has 1 aliphatic rings. The number of rotatable bonds is 3. The summed E-state index contributed by atoms with van der Waals surface area (Å²) in [6, 6.07) is 11.3. The molecule has 0 saturated heterocycles. The molecule has 102 valence electrons. The summed E-state index contributed by atoms with van der Waals surface area (Å²) in [5, 5.41) is 4.94. The summed E-state index contributed by atoms with van der Waals surface area (Å²) in [6.45, 7) is 6.92. The zero-order valence-corrected chi connectivity index (χ0v) is 12.0. The highest BCUT2D eigenvalue weighted by molar-refractivity contribution is 5.77. The topological polar surface area (TPSA) is 25.2 Å². The van der Waals surface area contributed by atoms with Crippen LogP contribution < -0.4 is 5.32 Å². The normalized spacial score (nSPS) is 28.9. The van der Waals surface area contributed by atoms with Gasteiger partial charge in [-0.25, -0.2) is 0 Å². The van der Waals surface area contributed by atoms with Gasteiger partial charge in [-0.15, -0.1) is 0 Å². The predicted molar refractivity (Wildman–Crippen MR) is 79.1 cm³/mol. The Bertz CT molecular complexity index is 526. The molecule has 1 aromatic heterocycles. The van der Waals surface area contributed by atoms with Gasteiger partial charge in [-0.2, -0.15) is 0 Å². The van der Waals surface area contributed by atoms with Crippen LogP contribution in [-0.4, -0.2) is 6.04 Å². The van der Waals surface area contributed by atoms with Crippen LogP contribution in [0.2, 0.25) is 0 Å². The first kappa shape index (κ1) is 12.7. The molecule has 2 aromatic rings. The Morgan fingerprint density at radius 1 is 1.21 bits per heavy atom. The van der Waals surface area contributed by atoms with Gasteiger partial charge in [0.1, 0.15) is 11.3 Å². The fourth-order valence-corrected chi connectivity index (χ4v) is 3.22. The summed E-state index contributed by atoms with van der Waals surface area (Å²) in [5.41, 5.74) is 0.985. The Labute approximate surface area is 115 Å². The molecule has 4 atom stereocenters. The first-order valence-corrected chi connectivity index (χ1v) is 7.39. The molecule has 1 fully saturated rings. The van der Waals surface area contributed by atoms with Crippen molar-refractivity contribution in [2.24, 2.45) is 11.8 Å². The third-order valence-corrected chi connectivity index (χ3v) is 4.80. The lowest BCUT2D eigenvalue weighted by Gasteiger charge is -2.23. The molecule has 1 aliphatic carbocycles. The van der Waals surface area contributed by atoms with E-state index in [4.69, 9.17) is 4.42 Å². The lowest BCUT2D eigenvalue weighted by Crippen LogP contribution is -2.34. The molecule has 2 nitrogen and oxygen atoms in total. The number of fused-ring (bicyclic) bond motifs is 1. The van der Waals surface area contributed by atoms with Crippen molar-refractivity contribution in [1.29, 1.82) is 0 Å². The molecule has 0 spiro atoms. The SMILES string of the molecule is CC(NC1CCC(C)C1C)c1cc2ccccc2o1. The third-order valence-electron chi connectivity index (χ3n) is 4.80. The predicted octanol–water partition coefficient (Wildman–Crippen LogP) is 4.52. The van der Waals surface area contributed by atoms with Crippen molar-refractivity contribution in [1.82, 2.24) is 5.32 Å². The van der Waals surface area contributed by atoms with Crippen molar-refractivity contribution in [3.63, 3.8) is 0 Å². The lowest BCUT2D eigenvalue weighted by molar-refractivity contribution is 0.328. The van der Waals surface area contributed by atoms with Crippen molar-refractivity contribution in [3.8, 4) is 0 Å². The lowest BCUT2D eigenvalue weighted by atomic mass is 9.97. The van der Waals surface area contributed by atoms with Crippen LogP contribution in [0.5, 0.6) is 0 Å². The van der Waals surface area contributed by atoms with E-state index in [1.807, 2.05) is 12.1 Å². The standard InChI is InChI=1S/C17H23NO/c1-11-8-9-15(12(11)2)18-13(3)17-10-14-6-4-5-7-16(14)19-17/h4-7,10-13,15,18H,8-9H2,1-3H3. The van der Waals surface area contributed by atoms with Gasteiger partial charge in [0.25, 0.3) is 0 Å². The Balaban J connectivity index is 1.75. The van der Waals surface area contributed by atoms with Gasteiger partial charge >= 0.3 is 0 Å². The van der Waals surface area contributed by atoms with Crippen LogP contribution in [0.4, 0.5) is 0 Å². The third kappa shape index (κ3) is 2.42. The van der Waals surface area contributed by atoms with Gasteiger partial charge in [0.15, 0.2) is 0 Å². The zero-order chi connectivity index (χ0) is 13.4. The van der Waals surface area contributed by atoms with Gasteiger partial charge in [0.05, 0.1) is 6.04 Å². The number of benzene rings is 1. The van der Waals surface area contributed by atoms with E-state index in [1.54, 1.807) is 0 Å². The molecule has 0 aliphatic heterocycles. The van der Waals surface area contributed by atoms with Crippen LogP contribution in [-0.2, 0) is 0 Å². The Hall–Kier alpha value is -1.28. The van der Waals surface area contributed by atoms with E-state index in [9.17, 15) is 0 Å². The van der Waals surface area contributed by atoms with E-state index in [0.29, 0.717) is 6.04 Å². The van der Waals surface area contributed by atoms with Crippen molar-refractivity contribution >= 4 is 11.0 Å². The van der Waals surface area contributed by atoms with Gasteiger partial charge in [0, 0.05) is 11.4 Å². The van der Waals surface area contributed by atoms with E-state index < -0.39 is 0 Å². The first-order valence-electron chi connectivity index (χ1n) is 7.39. The molecule has 1 N–H and O–H groups in total. The molecule has 0 radical (unpaired) electrons. The first-order chi connectivity index (χ1) is 9.15. The molecule has 0 bridgehead atoms. The highest BCUT2D eigenvalue weighted by Gasteiger charge is 2.30. The summed E-state index contributed by atoms with van der Waals surface area (Å²) in [7, 11) is 0. The van der Waals surface area contributed by atoms with Gasteiger partial charge in [0.2, 0.25) is 0 Å². The largest absolute Gasteiger partial charge is 0.459 e. The Kier molecular flexibility index (Phi) is 3.36. The Morgan fingerprint density at radius 3 is 2.68 bits per heavy atom. The molecule has 3 rings (SSSR count). The smallest absolute Gasteiger partial charge is 0.134 e. The maximum atomic E-state index is 5.94. The second-order valence-corrected chi connectivity index (χ2v) is 6.10.